The summed E-state index contributed by atoms with van der Waals surface area (Å²) < 4.78 is 13.8. The summed E-state index contributed by atoms with van der Waals surface area (Å²) in [7, 11) is 0. The topological polar surface area (TPSA) is 52.8 Å². The number of ether oxygens (including phenoxy) is 2. The van der Waals surface area contributed by atoms with Crippen LogP contribution in [0.15, 0.2) is 65.5 Å². The molecular formula is C25H18Cl2N2O3S. The zero-order chi connectivity index (χ0) is 22.9. The Labute approximate surface area is 203 Å². The van der Waals surface area contributed by atoms with Crippen LogP contribution in [0.25, 0.3) is 22.1 Å². The van der Waals surface area contributed by atoms with Crippen LogP contribution in [-0.4, -0.2) is 22.6 Å². The van der Waals surface area contributed by atoms with Gasteiger partial charge < -0.3 is 9.47 Å². The number of fused-ring (bicyclic) bond motifs is 3. The van der Waals surface area contributed by atoms with E-state index in [1.165, 1.54) is 16.9 Å². The van der Waals surface area contributed by atoms with Gasteiger partial charge in [0.1, 0.15) is 24.7 Å². The number of nitrogens with zero attached hydrogens (tertiary/aromatic N) is 2. The summed E-state index contributed by atoms with van der Waals surface area (Å²) in [6, 6.07) is 18.7. The minimum absolute atomic E-state index is 0.145. The van der Waals surface area contributed by atoms with Gasteiger partial charge >= 0.3 is 0 Å². The molecule has 3 aromatic carbocycles. The predicted molar refractivity (Wildman–Crippen MR) is 134 cm³/mol. The Morgan fingerprint density at radius 2 is 1.79 bits per heavy atom. The maximum Gasteiger partial charge on any atom is 0.274 e. The number of halogens is 2. The maximum atomic E-state index is 13.1. The minimum Gasteiger partial charge on any atom is -0.490 e. The molecule has 0 N–H and O–H groups in total. The number of benzene rings is 3. The molecule has 0 aliphatic rings. The second kappa shape index (κ2) is 9.06. The number of hydrogen-bond acceptors (Lipinski definition) is 5. The van der Waals surface area contributed by atoms with Crippen LogP contribution < -0.4 is 19.6 Å². The molecule has 5 rings (SSSR count). The van der Waals surface area contributed by atoms with Crippen molar-refractivity contribution < 1.29 is 9.47 Å². The molecule has 0 fully saturated rings. The first-order chi connectivity index (χ1) is 16.0. The van der Waals surface area contributed by atoms with Crippen molar-refractivity contribution in [2.24, 2.45) is 0 Å². The van der Waals surface area contributed by atoms with E-state index in [4.69, 9.17) is 32.7 Å². The molecule has 2 aromatic heterocycles. The van der Waals surface area contributed by atoms with Gasteiger partial charge in [0, 0.05) is 10.6 Å². The van der Waals surface area contributed by atoms with Gasteiger partial charge in [0.15, 0.2) is 4.96 Å². The molecule has 0 saturated heterocycles. The van der Waals surface area contributed by atoms with Gasteiger partial charge in [-0.15, -0.1) is 0 Å². The number of thiazole rings is 1. The highest BCUT2D eigenvalue weighted by molar-refractivity contribution is 7.15. The van der Waals surface area contributed by atoms with E-state index in [0.717, 1.165) is 16.8 Å². The van der Waals surface area contributed by atoms with Gasteiger partial charge in [-0.1, -0.05) is 64.4 Å². The number of aryl methyl sites for hydroxylation is 1. The van der Waals surface area contributed by atoms with Gasteiger partial charge in [-0.2, -0.15) is 0 Å². The van der Waals surface area contributed by atoms with Crippen LogP contribution in [0.4, 0.5) is 0 Å². The average molecular weight is 497 g/mol. The third kappa shape index (κ3) is 4.42. The van der Waals surface area contributed by atoms with Crippen molar-refractivity contribution in [3.8, 4) is 11.5 Å². The van der Waals surface area contributed by atoms with Crippen LogP contribution in [0.5, 0.6) is 11.5 Å². The highest BCUT2D eigenvalue weighted by Crippen LogP contribution is 2.33. The van der Waals surface area contributed by atoms with Crippen molar-refractivity contribution in [3.05, 3.63) is 96.7 Å². The molecule has 0 atom stereocenters. The van der Waals surface area contributed by atoms with Gasteiger partial charge in [-0.05, 0) is 49.4 Å². The third-order valence-corrected chi connectivity index (χ3v) is 6.56. The summed E-state index contributed by atoms with van der Waals surface area (Å²) in [5.74, 6) is 1.22. The highest BCUT2D eigenvalue weighted by Gasteiger charge is 2.13. The van der Waals surface area contributed by atoms with E-state index in [-0.39, 0.29) is 12.2 Å². The molecule has 0 unspecified atom stereocenters. The Balaban J connectivity index is 1.44. The summed E-state index contributed by atoms with van der Waals surface area (Å²) in [5.41, 5.74) is 3.21. The normalized spacial score (nSPS) is 12.0. The quantitative estimate of drug-likeness (QED) is 0.290. The summed E-state index contributed by atoms with van der Waals surface area (Å²) in [6.45, 7) is 2.64. The number of hydrogen-bond donors (Lipinski definition) is 0. The lowest BCUT2D eigenvalue weighted by atomic mass is 10.2. The van der Waals surface area contributed by atoms with Crippen LogP contribution in [-0.2, 0) is 0 Å². The molecule has 2 heterocycles. The average Bonchev–Trinajstić information content (AvgIpc) is 3.30. The molecule has 0 bridgehead atoms. The van der Waals surface area contributed by atoms with Gasteiger partial charge in [0.25, 0.3) is 5.56 Å². The summed E-state index contributed by atoms with van der Waals surface area (Å²) >= 11 is 14.0. The molecule has 0 radical (unpaired) electrons. The molecule has 0 saturated carbocycles. The molecule has 0 aliphatic carbocycles. The molecule has 8 heteroatoms. The largest absolute Gasteiger partial charge is 0.490 e. The summed E-state index contributed by atoms with van der Waals surface area (Å²) in [5, 5.41) is 0.817. The first-order valence-electron chi connectivity index (χ1n) is 10.2. The van der Waals surface area contributed by atoms with Gasteiger partial charge in [0.2, 0.25) is 0 Å². The van der Waals surface area contributed by atoms with E-state index in [0.29, 0.717) is 37.5 Å². The van der Waals surface area contributed by atoms with E-state index in [1.807, 2.05) is 55.5 Å². The van der Waals surface area contributed by atoms with Gasteiger partial charge in [-0.3, -0.25) is 4.79 Å². The fraction of sp³-hybridized carbons (Fsp3) is 0.120. The van der Waals surface area contributed by atoms with Crippen LogP contribution in [0, 0.1) is 6.92 Å². The monoisotopic (exact) mass is 496 g/mol. The first-order valence-corrected chi connectivity index (χ1v) is 11.8. The van der Waals surface area contributed by atoms with Crippen molar-refractivity contribution in [1.82, 2.24) is 9.38 Å². The smallest absolute Gasteiger partial charge is 0.274 e. The summed E-state index contributed by atoms with van der Waals surface area (Å²) in [4.78, 5) is 18.3. The van der Waals surface area contributed by atoms with Gasteiger partial charge in [0.05, 0.1) is 20.6 Å². The van der Waals surface area contributed by atoms with Crippen LogP contribution in [0.2, 0.25) is 10.0 Å². The minimum atomic E-state index is -0.145. The second-order valence-corrected chi connectivity index (χ2v) is 9.30. The highest BCUT2D eigenvalue weighted by atomic mass is 35.5. The molecule has 5 nitrogen and oxygen atoms in total. The fourth-order valence-electron chi connectivity index (χ4n) is 3.53. The van der Waals surface area contributed by atoms with Crippen molar-refractivity contribution in [3.63, 3.8) is 0 Å². The molecular weight excluding hydrogens is 479 g/mol. The van der Waals surface area contributed by atoms with E-state index < -0.39 is 0 Å². The molecule has 0 amide bonds. The Kier molecular flexibility index (Phi) is 5.98. The number of imidazole rings is 1. The lowest BCUT2D eigenvalue weighted by molar-refractivity contribution is 0.217. The lowest BCUT2D eigenvalue weighted by Crippen LogP contribution is -2.22. The number of para-hydroxylation sites is 2. The summed E-state index contributed by atoms with van der Waals surface area (Å²) in [6.07, 6.45) is 1.74. The molecule has 0 spiro atoms. The zero-order valence-electron chi connectivity index (χ0n) is 17.5. The first kappa shape index (κ1) is 21.8. The van der Waals surface area contributed by atoms with E-state index in [2.05, 4.69) is 4.98 Å². The van der Waals surface area contributed by atoms with E-state index in [9.17, 15) is 4.79 Å². The Bertz CT molecular complexity index is 1580. The number of rotatable bonds is 6. The van der Waals surface area contributed by atoms with Crippen LogP contribution >= 0.6 is 34.5 Å². The Morgan fingerprint density at radius 1 is 1.03 bits per heavy atom. The number of aromatic nitrogens is 2. The predicted octanol–water partition coefficient (Wildman–Crippen LogP) is 5.53. The van der Waals surface area contributed by atoms with Crippen LogP contribution in [0.1, 0.15) is 11.1 Å². The zero-order valence-corrected chi connectivity index (χ0v) is 19.9. The van der Waals surface area contributed by atoms with Crippen molar-refractivity contribution in [1.29, 1.82) is 0 Å². The fourth-order valence-corrected chi connectivity index (χ4v) is 5.07. The van der Waals surface area contributed by atoms with Crippen molar-refractivity contribution in [2.75, 3.05) is 13.2 Å². The lowest BCUT2D eigenvalue weighted by Gasteiger charge is -2.12. The van der Waals surface area contributed by atoms with E-state index >= 15 is 0 Å². The molecule has 166 valence electrons. The van der Waals surface area contributed by atoms with Gasteiger partial charge in [-0.25, -0.2) is 9.38 Å². The standard InChI is InChI=1S/C25H18Cl2N2O3S/c1-15-6-8-18(9-7-15)31-10-11-32-23-16(12-17(26)14-19(23)27)13-22-24(30)29-21-5-3-2-4-20(21)28-25(29)33-22/h2-9,12-14H,10-11H2,1H3/b22-13-. The van der Waals surface area contributed by atoms with E-state index in [1.54, 1.807) is 22.6 Å². The molecule has 0 aliphatic heterocycles. The Morgan fingerprint density at radius 3 is 2.61 bits per heavy atom. The van der Waals surface area contributed by atoms with Crippen LogP contribution in [0.3, 0.4) is 0 Å². The van der Waals surface area contributed by atoms with Crippen molar-refractivity contribution in [2.45, 2.75) is 6.92 Å². The SMILES string of the molecule is Cc1ccc(OCCOc2c(Cl)cc(Cl)cc2/C=c2\sc3nc4ccccc4n3c2=O)cc1. The molecule has 33 heavy (non-hydrogen) atoms. The maximum absolute atomic E-state index is 13.1. The third-order valence-electron chi connectivity index (χ3n) is 5.09. The molecule has 5 aromatic rings. The van der Waals surface area contributed by atoms with Crippen molar-refractivity contribution >= 4 is 56.6 Å². The second-order valence-electron chi connectivity index (χ2n) is 7.45. The Hall–Kier alpha value is -3.06.